The smallest absolute Gasteiger partial charge is 0.344 e. The van der Waals surface area contributed by atoms with Crippen LogP contribution in [0.15, 0.2) is 42.6 Å². The second-order valence-corrected chi connectivity index (χ2v) is 7.27. The molecule has 0 saturated carbocycles. The largest absolute Gasteiger partial charge is 0.494 e. The van der Waals surface area contributed by atoms with Gasteiger partial charge in [0.1, 0.15) is 11.5 Å². The number of benzene rings is 2. The molecule has 3 aromatic rings. The van der Waals surface area contributed by atoms with Crippen LogP contribution in [0.25, 0.3) is 10.9 Å². The molecule has 154 valence electrons. The molecule has 0 aliphatic carbocycles. The molecule has 2 aromatic carbocycles. The molecule has 0 bridgehead atoms. The topological polar surface area (TPSA) is 49.7 Å². The van der Waals surface area contributed by atoms with Crippen molar-refractivity contribution in [3.05, 3.63) is 58.7 Å². The number of fused-ring (bicyclic) bond motifs is 1. The van der Waals surface area contributed by atoms with E-state index in [9.17, 15) is 4.79 Å². The van der Waals surface area contributed by atoms with Crippen LogP contribution in [-0.2, 0) is 16.1 Å². The molecule has 1 aromatic heterocycles. The van der Waals surface area contributed by atoms with Crippen molar-refractivity contribution in [1.29, 1.82) is 0 Å². The molecule has 1 heterocycles. The predicted molar refractivity (Wildman–Crippen MR) is 115 cm³/mol. The molecular formula is C23H26ClNO4. The molecule has 3 rings (SSSR count). The normalized spacial score (nSPS) is 10.9. The monoisotopic (exact) mass is 415 g/mol. The van der Waals surface area contributed by atoms with Gasteiger partial charge in [0, 0.05) is 23.8 Å². The standard InChI is InChI=1S/C23H26ClNO4/c1-4-27-22(26)15-29-19-7-6-18-8-10-25(21(18)14-19)9-5-11-28-20-12-16(2)23(24)17(3)13-20/h6-8,10,12-14H,4-5,9,11,15H2,1-3H3. The molecule has 5 nitrogen and oxygen atoms in total. The third-order valence-electron chi connectivity index (χ3n) is 4.63. The van der Waals surface area contributed by atoms with Gasteiger partial charge in [-0.3, -0.25) is 0 Å². The highest BCUT2D eigenvalue weighted by molar-refractivity contribution is 6.32. The van der Waals surface area contributed by atoms with Gasteiger partial charge >= 0.3 is 5.97 Å². The number of esters is 1. The zero-order chi connectivity index (χ0) is 20.8. The van der Waals surface area contributed by atoms with Crippen LogP contribution in [-0.4, -0.2) is 30.4 Å². The van der Waals surface area contributed by atoms with E-state index < -0.39 is 0 Å². The van der Waals surface area contributed by atoms with Crippen LogP contribution in [0.4, 0.5) is 0 Å². The second-order valence-electron chi connectivity index (χ2n) is 6.90. The molecule has 0 aliphatic heterocycles. The first-order valence-corrected chi connectivity index (χ1v) is 10.1. The van der Waals surface area contributed by atoms with Crippen LogP contribution >= 0.6 is 11.6 Å². The van der Waals surface area contributed by atoms with Crippen molar-refractivity contribution in [1.82, 2.24) is 4.57 Å². The third-order valence-corrected chi connectivity index (χ3v) is 5.23. The van der Waals surface area contributed by atoms with Crippen molar-refractivity contribution in [2.75, 3.05) is 19.8 Å². The highest BCUT2D eigenvalue weighted by Gasteiger charge is 2.07. The van der Waals surface area contributed by atoms with E-state index in [0.717, 1.165) is 45.8 Å². The van der Waals surface area contributed by atoms with Crippen LogP contribution < -0.4 is 9.47 Å². The number of carbonyl (C=O) groups is 1. The Bertz CT molecular complexity index is 973. The molecule has 6 heteroatoms. The van der Waals surface area contributed by atoms with Gasteiger partial charge in [0.2, 0.25) is 0 Å². The van der Waals surface area contributed by atoms with Gasteiger partial charge in [-0.25, -0.2) is 4.79 Å². The van der Waals surface area contributed by atoms with E-state index in [0.29, 0.717) is 19.0 Å². The first-order chi connectivity index (χ1) is 14.0. The Morgan fingerprint density at radius 3 is 2.52 bits per heavy atom. The van der Waals surface area contributed by atoms with Gasteiger partial charge in [0.15, 0.2) is 6.61 Å². The van der Waals surface area contributed by atoms with Crippen molar-refractivity contribution < 1.29 is 19.0 Å². The van der Waals surface area contributed by atoms with Crippen molar-refractivity contribution in [2.24, 2.45) is 0 Å². The lowest BCUT2D eigenvalue weighted by atomic mass is 10.1. The molecule has 0 spiro atoms. The average Bonchev–Trinajstić information content (AvgIpc) is 3.10. The SMILES string of the molecule is CCOC(=O)COc1ccc2ccn(CCCOc3cc(C)c(Cl)c(C)c3)c2c1. The van der Waals surface area contributed by atoms with Crippen LogP contribution in [0.2, 0.25) is 5.02 Å². The lowest BCUT2D eigenvalue weighted by Crippen LogP contribution is -2.14. The predicted octanol–water partition coefficient (Wildman–Crippen LogP) is 5.32. The summed E-state index contributed by atoms with van der Waals surface area (Å²) in [6.07, 6.45) is 2.91. The minimum Gasteiger partial charge on any atom is -0.494 e. The highest BCUT2D eigenvalue weighted by Crippen LogP contribution is 2.26. The third kappa shape index (κ3) is 5.45. The maximum absolute atomic E-state index is 11.5. The number of ether oxygens (including phenoxy) is 3. The molecule has 0 fully saturated rings. The summed E-state index contributed by atoms with van der Waals surface area (Å²) < 4.78 is 18.5. The Morgan fingerprint density at radius 1 is 1.03 bits per heavy atom. The summed E-state index contributed by atoms with van der Waals surface area (Å²) in [5, 5.41) is 1.91. The van der Waals surface area contributed by atoms with E-state index >= 15 is 0 Å². The summed E-state index contributed by atoms with van der Waals surface area (Å²) in [5.74, 6) is 1.12. The van der Waals surface area contributed by atoms with Gasteiger partial charge in [-0.15, -0.1) is 0 Å². The number of carbonyl (C=O) groups excluding carboxylic acids is 1. The molecule has 0 radical (unpaired) electrons. The fourth-order valence-corrected chi connectivity index (χ4v) is 3.32. The van der Waals surface area contributed by atoms with E-state index in [-0.39, 0.29) is 12.6 Å². The van der Waals surface area contributed by atoms with Crippen LogP contribution in [0, 0.1) is 13.8 Å². The number of halogens is 1. The van der Waals surface area contributed by atoms with E-state index in [1.54, 1.807) is 6.92 Å². The number of rotatable bonds is 9. The van der Waals surface area contributed by atoms with Gasteiger partial charge < -0.3 is 18.8 Å². The number of hydrogen-bond donors (Lipinski definition) is 0. The Labute approximate surface area is 176 Å². The summed E-state index contributed by atoms with van der Waals surface area (Å²) in [5.41, 5.74) is 3.10. The number of aryl methyl sites for hydroxylation is 3. The summed E-state index contributed by atoms with van der Waals surface area (Å²) in [4.78, 5) is 11.5. The highest BCUT2D eigenvalue weighted by atomic mass is 35.5. The van der Waals surface area contributed by atoms with Crippen molar-refractivity contribution in [2.45, 2.75) is 33.7 Å². The maximum atomic E-state index is 11.5. The fourth-order valence-electron chi connectivity index (χ4n) is 3.21. The summed E-state index contributed by atoms with van der Waals surface area (Å²) in [6.45, 7) is 7.42. The van der Waals surface area contributed by atoms with Crippen LogP contribution in [0.5, 0.6) is 11.5 Å². The van der Waals surface area contributed by atoms with E-state index in [4.69, 9.17) is 25.8 Å². The van der Waals surface area contributed by atoms with Gasteiger partial charge in [0.05, 0.1) is 18.7 Å². The Hall–Kier alpha value is -2.66. The quantitative estimate of drug-likeness (QED) is 0.350. The zero-order valence-corrected chi connectivity index (χ0v) is 17.8. The molecule has 29 heavy (non-hydrogen) atoms. The molecule has 0 aliphatic rings. The fraction of sp³-hybridized carbons (Fsp3) is 0.348. The van der Waals surface area contributed by atoms with Gasteiger partial charge in [-0.2, -0.15) is 0 Å². The lowest BCUT2D eigenvalue weighted by molar-refractivity contribution is -0.145. The van der Waals surface area contributed by atoms with E-state index in [1.165, 1.54) is 0 Å². The lowest BCUT2D eigenvalue weighted by Gasteiger charge is -2.11. The zero-order valence-electron chi connectivity index (χ0n) is 17.0. The Kier molecular flexibility index (Phi) is 7.04. The van der Waals surface area contributed by atoms with E-state index in [1.807, 2.05) is 44.2 Å². The molecule has 0 unspecified atom stereocenters. The van der Waals surface area contributed by atoms with Crippen LogP contribution in [0.3, 0.4) is 0 Å². The molecule has 0 N–H and O–H groups in total. The van der Waals surface area contributed by atoms with Crippen molar-refractivity contribution in [3.8, 4) is 11.5 Å². The summed E-state index contributed by atoms with van der Waals surface area (Å²) in [6, 6.07) is 11.8. The molecular weight excluding hydrogens is 390 g/mol. The van der Waals surface area contributed by atoms with Crippen LogP contribution in [0.1, 0.15) is 24.5 Å². The summed E-state index contributed by atoms with van der Waals surface area (Å²) in [7, 11) is 0. The Morgan fingerprint density at radius 2 is 1.79 bits per heavy atom. The maximum Gasteiger partial charge on any atom is 0.344 e. The minimum absolute atomic E-state index is 0.0895. The van der Waals surface area contributed by atoms with E-state index in [2.05, 4.69) is 16.8 Å². The first-order valence-electron chi connectivity index (χ1n) is 9.74. The molecule has 0 amide bonds. The number of hydrogen-bond acceptors (Lipinski definition) is 4. The molecule has 0 saturated heterocycles. The van der Waals surface area contributed by atoms with Gasteiger partial charge in [-0.1, -0.05) is 11.6 Å². The van der Waals surface area contributed by atoms with Crippen molar-refractivity contribution >= 4 is 28.5 Å². The number of aromatic nitrogens is 1. The summed E-state index contributed by atoms with van der Waals surface area (Å²) >= 11 is 6.21. The average molecular weight is 416 g/mol. The second kappa shape index (κ2) is 9.70. The van der Waals surface area contributed by atoms with Gasteiger partial charge in [0.25, 0.3) is 0 Å². The minimum atomic E-state index is -0.368. The molecule has 0 atom stereocenters. The van der Waals surface area contributed by atoms with Gasteiger partial charge in [-0.05, 0) is 74.0 Å². The first kappa shape index (κ1) is 21.1. The van der Waals surface area contributed by atoms with Crippen molar-refractivity contribution in [3.63, 3.8) is 0 Å². The number of nitrogens with zero attached hydrogens (tertiary/aromatic N) is 1. The Balaban J connectivity index is 1.57.